The number of aldehydes is 1. The van der Waals surface area contributed by atoms with Crippen LogP contribution in [0.1, 0.15) is 15.9 Å². The zero-order chi connectivity index (χ0) is 13.3. The first-order valence-corrected chi connectivity index (χ1v) is 5.59. The lowest BCUT2D eigenvalue weighted by atomic mass is 10.2. The van der Waals surface area contributed by atoms with E-state index in [0.29, 0.717) is 10.9 Å². The van der Waals surface area contributed by atoms with E-state index in [9.17, 15) is 18.0 Å². The third kappa shape index (κ3) is 2.31. The summed E-state index contributed by atoms with van der Waals surface area (Å²) in [6, 6.07) is 4.70. The Morgan fingerprint density at radius 2 is 2.06 bits per heavy atom. The summed E-state index contributed by atoms with van der Waals surface area (Å²) in [6.45, 7) is 0. The fourth-order valence-corrected chi connectivity index (χ4v) is 1.91. The number of aromatic nitrogens is 2. The van der Waals surface area contributed by atoms with E-state index >= 15 is 0 Å². The zero-order valence-electron chi connectivity index (χ0n) is 8.78. The molecule has 0 spiro atoms. The van der Waals surface area contributed by atoms with Crippen molar-refractivity contribution in [3.8, 4) is 5.69 Å². The Balaban J connectivity index is 2.51. The lowest BCUT2D eigenvalue weighted by molar-refractivity contribution is -0.137. The van der Waals surface area contributed by atoms with Gasteiger partial charge in [0, 0.05) is 0 Å². The maximum atomic E-state index is 12.6. The second-order valence-corrected chi connectivity index (χ2v) is 4.22. The molecule has 0 atom stereocenters. The smallest absolute Gasteiger partial charge is 0.298 e. The van der Waals surface area contributed by atoms with Crippen molar-refractivity contribution in [2.24, 2.45) is 0 Å². The lowest BCUT2D eigenvalue weighted by Gasteiger charge is -2.09. The van der Waals surface area contributed by atoms with Crippen LogP contribution >= 0.6 is 15.9 Å². The lowest BCUT2D eigenvalue weighted by Crippen LogP contribution is -2.06. The summed E-state index contributed by atoms with van der Waals surface area (Å²) < 4.78 is 39.2. The number of hydrogen-bond donors (Lipinski definition) is 0. The first-order valence-electron chi connectivity index (χ1n) is 4.80. The Morgan fingerprint density at radius 1 is 1.33 bits per heavy atom. The number of rotatable bonds is 2. The number of benzene rings is 1. The molecule has 0 saturated carbocycles. The van der Waals surface area contributed by atoms with Crippen molar-refractivity contribution in [3.05, 3.63) is 46.2 Å². The van der Waals surface area contributed by atoms with Gasteiger partial charge in [0.05, 0.1) is 23.0 Å². The van der Waals surface area contributed by atoms with Crippen LogP contribution in [0.2, 0.25) is 0 Å². The number of hydrogen-bond acceptors (Lipinski definition) is 2. The number of alkyl halides is 3. The average molecular weight is 319 g/mol. The highest BCUT2D eigenvalue weighted by Gasteiger charge is 2.30. The van der Waals surface area contributed by atoms with Crippen LogP contribution in [-0.4, -0.2) is 16.1 Å². The van der Waals surface area contributed by atoms with Gasteiger partial charge >= 0.3 is 6.18 Å². The monoisotopic (exact) mass is 318 g/mol. The largest absolute Gasteiger partial charge is 0.416 e. The quantitative estimate of drug-likeness (QED) is 0.795. The summed E-state index contributed by atoms with van der Waals surface area (Å²) in [5.74, 6) is 0. The molecule has 0 aliphatic rings. The predicted molar refractivity (Wildman–Crippen MR) is 61.7 cm³/mol. The molecule has 0 aliphatic heterocycles. The van der Waals surface area contributed by atoms with Gasteiger partial charge in [0.1, 0.15) is 4.60 Å². The van der Waals surface area contributed by atoms with E-state index in [1.54, 1.807) is 0 Å². The molecule has 7 heteroatoms. The minimum Gasteiger partial charge on any atom is -0.298 e. The van der Waals surface area contributed by atoms with Crippen LogP contribution in [0.25, 0.3) is 5.69 Å². The molecule has 1 aromatic heterocycles. The Morgan fingerprint density at radius 3 is 2.61 bits per heavy atom. The molecule has 2 rings (SSSR count). The molecule has 94 valence electrons. The fourth-order valence-electron chi connectivity index (χ4n) is 1.42. The number of halogens is 4. The van der Waals surface area contributed by atoms with Gasteiger partial charge in [-0.1, -0.05) is 6.07 Å². The summed E-state index contributed by atoms with van der Waals surface area (Å²) in [6.07, 6.45) is -2.57. The van der Waals surface area contributed by atoms with Gasteiger partial charge in [-0.15, -0.1) is 0 Å². The van der Waals surface area contributed by atoms with Crippen molar-refractivity contribution < 1.29 is 18.0 Å². The molecule has 0 saturated heterocycles. The number of carbonyl (C=O) groups excluding carboxylic acids is 1. The van der Waals surface area contributed by atoms with Gasteiger partial charge in [-0.25, -0.2) is 4.68 Å². The zero-order valence-corrected chi connectivity index (χ0v) is 10.4. The Hall–Kier alpha value is -1.63. The van der Waals surface area contributed by atoms with Crippen molar-refractivity contribution in [1.82, 2.24) is 9.78 Å². The molecule has 0 unspecified atom stereocenters. The minimum absolute atomic E-state index is 0.227. The van der Waals surface area contributed by atoms with E-state index in [4.69, 9.17) is 0 Å². The predicted octanol–water partition coefficient (Wildman–Crippen LogP) is 3.47. The Bertz CT molecular complexity index is 592. The van der Waals surface area contributed by atoms with Crippen LogP contribution < -0.4 is 0 Å². The molecule has 0 bridgehead atoms. The van der Waals surface area contributed by atoms with E-state index in [0.717, 1.165) is 12.1 Å². The highest BCUT2D eigenvalue weighted by molar-refractivity contribution is 9.10. The Kier molecular flexibility index (Phi) is 3.25. The van der Waals surface area contributed by atoms with Gasteiger partial charge in [-0.2, -0.15) is 18.3 Å². The van der Waals surface area contributed by atoms with Gasteiger partial charge in [-0.05, 0) is 34.1 Å². The molecule has 0 N–H and O–H groups in total. The molecule has 2 aromatic rings. The summed E-state index contributed by atoms with van der Waals surface area (Å²) >= 11 is 3.11. The van der Waals surface area contributed by atoms with Gasteiger partial charge in [0.25, 0.3) is 0 Å². The normalized spacial score (nSPS) is 11.6. The molecule has 1 heterocycles. The van der Waals surface area contributed by atoms with Crippen LogP contribution in [0, 0.1) is 0 Å². The molecular weight excluding hydrogens is 313 g/mol. The van der Waals surface area contributed by atoms with Crippen LogP contribution in [0.4, 0.5) is 13.2 Å². The van der Waals surface area contributed by atoms with Crippen molar-refractivity contribution in [2.45, 2.75) is 6.18 Å². The second kappa shape index (κ2) is 4.56. The summed E-state index contributed by atoms with van der Waals surface area (Å²) in [7, 11) is 0. The van der Waals surface area contributed by atoms with Crippen LogP contribution in [-0.2, 0) is 6.18 Å². The molecule has 0 amide bonds. The van der Waals surface area contributed by atoms with E-state index in [1.165, 1.54) is 23.0 Å². The number of nitrogens with zero attached hydrogens (tertiary/aromatic N) is 2. The van der Waals surface area contributed by atoms with Crippen LogP contribution in [0.3, 0.4) is 0 Å². The molecule has 0 aliphatic carbocycles. The second-order valence-electron chi connectivity index (χ2n) is 3.47. The average Bonchev–Trinajstić information content (AvgIpc) is 2.69. The molecule has 1 aromatic carbocycles. The van der Waals surface area contributed by atoms with Crippen molar-refractivity contribution >= 4 is 22.2 Å². The van der Waals surface area contributed by atoms with Gasteiger partial charge in [0.15, 0.2) is 6.29 Å². The Labute approximate surface area is 108 Å². The molecular formula is C11H6BrF3N2O. The molecule has 0 fully saturated rings. The molecule has 3 nitrogen and oxygen atoms in total. The van der Waals surface area contributed by atoms with E-state index < -0.39 is 11.7 Å². The third-order valence-corrected chi connectivity index (χ3v) is 3.08. The SMILES string of the molecule is O=Cc1cnn(-c2cccc(C(F)(F)F)c2)c1Br. The van der Waals surface area contributed by atoms with E-state index in [-0.39, 0.29) is 11.3 Å². The summed E-state index contributed by atoms with van der Waals surface area (Å²) in [5, 5.41) is 3.85. The highest BCUT2D eigenvalue weighted by Crippen LogP contribution is 2.31. The first-order chi connectivity index (χ1) is 8.43. The summed E-state index contributed by atoms with van der Waals surface area (Å²) in [5.41, 5.74) is -0.271. The van der Waals surface area contributed by atoms with Crippen LogP contribution in [0.15, 0.2) is 35.1 Å². The fraction of sp³-hybridized carbons (Fsp3) is 0.0909. The molecule has 0 radical (unpaired) electrons. The minimum atomic E-state index is -4.41. The van der Waals surface area contributed by atoms with Crippen molar-refractivity contribution in [3.63, 3.8) is 0 Å². The van der Waals surface area contributed by atoms with Gasteiger partial charge < -0.3 is 0 Å². The summed E-state index contributed by atoms with van der Waals surface area (Å²) in [4.78, 5) is 10.6. The third-order valence-electron chi connectivity index (χ3n) is 2.28. The van der Waals surface area contributed by atoms with E-state index in [1.807, 2.05) is 0 Å². The highest BCUT2D eigenvalue weighted by atomic mass is 79.9. The van der Waals surface area contributed by atoms with E-state index in [2.05, 4.69) is 21.0 Å². The maximum absolute atomic E-state index is 12.6. The number of carbonyl (C=O) groups is 1. The first kappa shape index (κ1) is 12.8. The van der Waals surface area contributed by atoms with Gasteiger partial charge in [-0.3, -0.25) is 4.79 Å². The maximum Gasteiger partial charge on any atom is 0.416 e. The topological polar surface area (TPSA) is 34.9 Å². The standard InChI is InChI=1S/C11H6BrF3N2O/c12-10-7(6-18)5-16-17(10)9-3-1-2-8(4-9)11(13,14)15/h1-6H. The van der Waals surface area contributed by atoms with Crippen molar-refractivity contribution in [1.29, 1.82) is 0 Å². The van der Waals surface area contributed by atoms with Crippen molar-refractivity contribution in [2.75, 3.05) is 0 Å². The van der Waals surface area contributed by atoms with Gasteiger partial charge in [0.2, 0.25) is 0 Å². The van der Waals surface area contributed by atoms with Crippen LogP contribution in [0.5, 0.6) is 0 Å². The molecule has 18 heavy (non-hydrogen) atoms.